The first-order valence-corrected chi connectivity index (χ1v) is 10.2. The Morgan fingerprint density at radius 2 is 1.89 bits per heavy atom. The molecule has 1 aromatic carbocycles. The minimum absolute atomic E-state index is 0.0643. The Balaban J connectivity index is 2.03. The highest BCUT2D eigenvalue weighted by molar-refractivity contribution is 7.91. The average molecular weight is 393 g/mol. The fourth-order valence-electron chi connectivity index (χ4n) is 3.12. The fourth-order valence-corrected chi connectivity index (χ4v) is 4.72. The third-order valence-corrected chi connectivity index (χ3v) is 6.28. The van der Waals surface area contributed by atoms with Gasteiger partial charge in [0.2, 0.25) is 9.84 Å². The molecule has 0 aliphatic carbocycles. The smallest absolute Gasteiger partial charge is 0.214 e. The lowest BCUT2D eigenvalue weighted by atomic mass is 10.2. The van der Waals surface area contributed by atoms with E-state index in [0.29, 0.717) is 5.69 Å². The number of rotatable bonds is 4. The topological polar surface area (TPSA) is 89.2 Å². The number of sulfone groups is 1. The summed E-state index contributed by atoms with van der Waals surface area (Å²) in [4.78, 5) is 9.04. The van der Waals surface area contributed by atoms with Crippen LogP contribution in [0.15, 0.2) is 64.6 Å². The minimum atomic E-state index is -3.83. The molecule has 0 saturated heterocycles. The van der Waals surface area contributed by atoms with E-state index >= 15 is 0 Å². The molecule has 0 aliphatic rings. The Morgan fingerprint density at radius 3 is 2.57 bits per heavy atom. The summed E-state index contributed by atoms with van der Waals surface area (Å²) in [5.74, 6) is 0.264. The molecule has 0 unspecified atom stereocenters. The number of nitrogens with zero attached hydrogens (tertiary/aromatic N) is 4. The Morgan fingerprint density at radius 1 is 1.07 bits per heavy atom. The van der Waals surface area contributed by atoms with Gasteiger partial charge in [-0.25, -0.2) is 17.9 Å². The van der Waals surface area contributed by atoms with Gasteiger partial charge in [-0.05, 0) is 49.7 Å². The van der Waals surface area contributed by atoms with E-state index in [1.54, 1.807) is 42.2 Å². The zero-order chi connectivity index (χ0) is 19.9. The van der Waals surface area contributed by atoms with Gasteiger partial charge in [0.25, 0.3) is 0 Å². The molecule has 4 rings (SSSR count). The second-order valence-electron chi connectivity index (χ2n) is 6.51. The highest BCUT2D eigenvalue weighted by atomic mass is 32.2. The average Bonchev–Trinajstić information content (AvgIpc) is 3.08. The van der Waals surface area contributed by atoms with Crippen molar-refractivity contribution < 1.29 is 8.42 Å². The SMILES string of the molecule is CNc1nn2c(C)cc(-c3cccnc3)nc2c1S(=O)(=O)c1cccc(C)c1. The highest BCUT2D eigenvalue weighted by Crippen LogP contribution is 2.32. The number of aromatic nitrogens is 4. The van der Waals surface area contributed by atoms with Crippen molar-refractivity contribution in [3.8, 4) is 11.3 Å². The molecule has 7 nitrogen and oxygen atoms in total. The second kappa shape index (κ2) is 6.72. The van der Waals surface area contributed by atoms with Crippen molar-refractivity contribution in [1.29, 1.82) is 0 Å². The predicted octanol–water partition coefficient (Wildman–Crippen LogP) is 3.28. The van der Waals surface area contributed by atoms with Crippen molar-refractivity contribution in [2.75, 3.05) is 12.4 Å². The second-order valence-corrected chi connectivity index (χ2v) is 8.39. The first kappa shape index (κ1) is 18.1. The number of nitrogens with one attached hydrogen (secondary N) is 1. The molecule has 4 aromatic rings. The molecule has 0 saturated carbocycles. The molecule has 0 radical (unpaired) electrons. The summed E-state index contributed by atoms with van der Waals surface area (Å²) in [6.45, 7) is 3.72. The van der Waals surface area contributed by atoms with Crippen LogP contribution in [-0.2, 0) is 9.84 Å². The Kier molecular flexibility index (Phi) is 4.35. The van der Waals surface area contributed by atoms with Crippen molar-refractivity contribution >= 4 is 21.3 Å². The molecule has 0 atom stereocenters. The Hall–Kier alpha value is -3.26. The molecule has 8 heteroatoms. The van der Waals surface area contributed by atoms with E-state index in [4.69, 9.17) is 0 Å². The third-order valence-electron chi connectivity index (χ3n) is 4.49. The van der Waals surface area contributed by atoms with Crippen LogP contribution in [-0.4, -0.2) is 35.0 Å². The quantitative estimate of drug-likeness (QED) is 0.572. The van der Waals surface area contributed by atoms with E-state index in [1.807, 2.05) is 38.1 Å². The summed E-state index contributed by atoms with van der Waals surface area (Å²) in [6.07, 6.45) is 3.38. The zero-order valence-corrected chi connectivity index (χ0v) is 16.5. The maximum atomic E-state index is 13.5. The van der Waals surface area contributed by atoms with Crippen LogP contribution in [0, 0.1) is 13.8 Å². The van der Waals surface area contributed by atoms with Crippen molar-refractivity contribution in [2.45, 2.75) is 23.6 Å². The molecule has 3 heterocycles. The number of fused-ring (bicyclic) bond motifs is 1. The standard InChI is InChI=1S/C20H19N5O2S/c1-13-6-4-8-16(10-13)28(26,27)18-19(21-3)24-25-14(2)11-17(23-20(18)25)15-7-5-9-22-12-15/h4-12H,1-3H3,(H,21,24). The van der Waals surface area contributed by atoms with Gasteiger partial charge in [0.15, 0.2) is 16.4 Å². The fraction of sp³-hybridized carbons (Fsp3) is 0.150. The van der Waals surface area contributed by atoms with Crippen LogP contribution in [0.5, 0.6) is 0 Å². The number of aryl methyl sites for hydroxylation is 2. The lowest BCUT2D eigenvalue weighted by Crippen LogP contribution is -2.06. The van der Waals surface area contributed by atoms with Crippen molar-refractivity contribution in [3.63, 3.8) is 0 Å². The van der Waals surface area contributed by atoms with E-state index in [1.165, 1.54) is 0 Å². The predicted molar refractivity (Wildman–Crippen MR) is 107 cm³/mol. The summed E-state index contributed by atoms with van der Waals surface area (Å²) in [6, 6.07) is 12.4. The first-order chi connectivity index (χ1) is 13.4. The Bertz CT molecular complexity index is 1280. The van der Waals surface area contributed by atoms with Crippen LogP contribution < -0.4 is 5.32 Å². The summed E-state index contributed by atoms with van der Waals surface area (Å²) in [5, 5.41) is 7.33. The normalized spacial score (nSPS) is 11.7. The van der Waals surface area contributed by atoms with E-state index in [2.05, 4.69) is 20.4 Å². The number of pyridine rings is 1. The number of hydrogen-bond donors (Lipinski definition) is 1. The van der Waals surface area contributed by atoms with Crippen LogP contribution >= 0.6 is 0 Å². The summed E-state index contributed by atoms with van der Waals surface area (Å²) >= 11 is 0. The molecule has 142 valence electrons. The van der Waals surface area contributed by atoms with Gasteiger partial charge in [-0.2, -0.15) is 0 Å². The lowest BCUT2D eigenvalue weighted by molar-refractivity contribution is 0.597. The van der Waals surface area contributed by atoms with Crippen LogP contribution in [0.25, 0.3) is 16.9 Å². The lowest BCUT2D eigenvalue weighted by Gasteiger charge is -2.07. The van der Waals surface area contributed by atoms with E-state index < -0.39 is 9.84 Å². The monoisotopic (exact) mass is 393 g/mol. The number of anilines is 1. The van der Waals surface area contributed by atoms with Gasteiger partial charge in [-0.1, -0.05) is 12.1 Å². The van der Waals surface area contributed by atoms with Gasteiger partial charge in [-0.3, -0.25) is 4.98 Å². The maximum absolute atomic E-state index is 13.5. The zero-order valence-electron chi connectivity index (χ0n) is 15.7. The number of hydrogen-bond acceptors (Lipinski definition) is 6. The van der Waals surface area contributed by atoms with Gasteiger partial charge in [-0.15, -0.1) is 5.10 Å². The van der Waals surface area contributed by atoms with E-state index in [9.17, 15) is 8.42 Å². The van der Waals surface area contributed by atoms with Crippen LogP contribution in [0.3, 0.4) is 0 Å². The van der Waals surface area contributed by atoms with Gasteiger partial charge in [0.1, 0.15) is 0 Å². The molecular weight excluding hydrogens is 374 g/mol. The summed E-state index contributed by atoms with van der Waals surface area (Å²) < 4.78 is 28.5. The third kappa shape index (κ3) is 2.91. The highest BCUT2D eigenvalue weighted by Gasteiger charge is 2.29. The van der Waals surface area contributed by atoms with Gasteiger partial charge in [0.05, 0.1) is 10.6 Å². The molecule has 0 amide bonds. The largest absolute Gasteiger partial charge is 0.370 e. The van der Waals surface area contributed by atoms with E-state index in [0.717, 1.165) is 16.8 Å². The summed E-state index contributed by atoms with van der Waals surface area (Å²) in [7, 11) is -2.18. The minimum Gasteiger partial charge on any atom is -0.370 e. The summed E-state index contributed by atoms with van der Waals surface area (Å²) in [5.41, 5.74) is 3.36. The molecular formula is C20H19N5O2S. The molecule has 0 fully saturated rings. The van der Waals surface area contributed by atoms with Crippen LogP contribution in [0.4, 0.5) is 5.82 Å². The molecule has 28 heavy (non-hydrogen) atoms. The van der Waals surface area contributed by atoms with E-state index in [-0.39, 0.29) is 21.3 Å². The molecule has 0 aliphatic heterocycles. The molecule has 3 aromatic heterocycles. The molecule has 1 N–H and O–H groups in total. The van der Waals surface area contributed by atoms with Crippen molar-refractivity contribution in [3.05, 3.63) is 66.1 Å². The number of benzene rings is 1. The van der Waals surface area contributed by atoms with Crippen LogP contribution in [0.1, 0.15) is 11.3 Å². The molecule has 0 bridgehead atoms. The van der Waals surface area contributed by atoms with Gasteiger partial charge >= 0.3 is 0 Å². The maximum Gasteiger partial charge on any atom is 0.214 e. The van der Waals surface area contributed by atoms with Crippen LogP contribution in [0.2, 0.25) is 0 Å². The van der Waals surface area contributed by atoms with Gasteiger partial charge in [0, 0.05) is 30.7 Å². The first-order valence-electron chi connectivity index (χ1n) is 8.72. The molecule has 0 spiro atoms. The van der Waals surface area contributed by atoms with Gasteiger partial charge < -0.3 is 5.32 Å². The van der Waals surface area contributed by atoms with Crippen molar-refractivity contribution in [1.82, 2.24) is 19.6 Å². The van der Waals surface area contributed by atoms with Crippen molar-refractivity contribution in [2.24, 2.45) is 0 Å². The Labute approximate surface area is 163 Å².